The van der Waals surface area contributed by atoms with E-state index in [4.69, 9.17) is 0 Å². The molecule has 150 valence electrons. The van der Waals surface area contributed by atoms with Gasteiger partial charge in [0.05, 0.1) is 5.71 Å². The first-order valence-electron chi connectivity index (χ1n) is 10.1. The highest BCUT2D eigenvalue weighted by atomic mass is 16.1. The molecule has 3 rings (SSSR count). The Morgan fingerprint density at radius 3 is 1.68 bits per heavy atom. The molecule has 0 N–H and O–H groups in total. The van der Waals surface area contributed by atoms with Crippen molar-refractivity contribution in [1.82, 2.24) is 4.57 Å². The van der Waals surface area contributed by atoms with E-state index in [1.807, 2.05) is 114 Å². The molecular formula is C25H34N2O. The third-order valence-electron chi connectivity index (χ3n) is 3.49. The van der Waals surface area contributed by atoms with Gasteiger partial charge >= 0.3 is 0 Å². The fourth-order valence-electron chi connectivity index (χ4n) is 2.44. The molecule has 3 aromatic rings. The van der Waals surface area contributed by atoms with Crippen molar-refractivity contribution >= 4 is 5.71 Å². The molecule has 0 amide bonds. The Morgan fingerprint density at radius 2 is 1.18 bits per heavy atom. The minimum atomic E-state index is -0.0570. The Bertz CT molecular complexity index is 850. The average Bonchev–Trinajstić information content (AvgIpc) is 2.81. The average molecular weight is 379 g/mol. The van der Waals surface area contributed by atoms with E-state index in [2.05, 4.69) is 4.99 Å². The molecule has 0 unspecified atom stereocenters. The Labute approximate surface area is 170 Å². The Kier molecular flexibility index (Phi) is 13.6. The number of hydrogen-bond donors (Lipinski definition) is 0. The maximum Gasteiger partial charge on any atom is 0.255 e. The van der Waals surface area contributed by atoms with Crippen LogP contribution in [0.15, 0.2) is 88.8 Å². The second-order valence-electron chi connectivity index (χ2n) is 4.90. The van der Waals surface area contributed by atoms with Gasteiger partial charge in [0.2, 0.25) is 0 Å². The molecule has 3 heteroatoms. The number of pyridine rings is 1. The summed E-state index contributed by atoms with van der Waals surface area (Å²) in [5, 5.41) is 0. The zero-order valence-corrected chi connectivity index (χ0v) is 18.3. The minimum Gasteiger partial charge on any atom is -0.287 e. The van der Waals surface area contributed by atoms with Crippen molar-refractivity contribution in [3.8, 4) is 5.69 Å². The largest absolute Gasteiger partial charge is 0.287 e. The van der Waals surface area contributed by atoms with Crippen molar-refractivity contribution < 1.29 is 0 Å². The highest BCUT2D eigenvalue weighted by Gasteiger charge is 2.08. The molecular weight excluding hydrogens is 344 g/mol. The lowest BCUT2D eigenvalue weighted by Gasteiger charge is -2.10. The molecule has 28 heavy (non-hydrogen) atoms. The second-order valence-corrected chi connectivity index (χ2v) is 4.90. The summed E-state index contributed by atoms with van der Waals surface area (Å²) in [5.41, 5.74) is 3.60. The van der Waals surface area contributed by atoms with Crippen molar-refractivity contribution in [2.24, 2.45) is 4.99 Å². The summed E-state index contributed by atoms with van der Waals surface area (Å²) < 4.78 is 1.64. The van der Waals surface area contributed by atoms with Crippen molar-refractivity contribution in [1.29, 1.82) is 0 Å². The monoisotopic (exact) mass is 378 g/mol. The third kappa shape index (κ3) is 6.99. The molecule has 1 aromatic heterocycles. The van der Waals surface area contributed by atoms with E-state index in [9.17, 15) is 4.79 Å². The molecule has 0 aliphatic rings. The summed E-state index contributed by atoms with van der Waals surface area (Å²) in [5.74, 6) is 0. The van der Waals surface area contributed by atoms with Crippen LogP contribution in [-0.2, 0) is 0 Å². The normalized spacial score (nSPS) is 9.61. The first-order chi connectivity index (χ1) is 13.8. The van der Waals surface area contributed by atoms with Crippen LogP contribution in [0.3, 0.4) is 0 Å². The van der Waals surface area contributed by atoms with Crippen LogP contribution in [0.25, 0.3) is 5.69 Å². The van der Waals surface area contributed by atoms with Crippen LogP contribution in [-0.4, -0.2) is 17.3 Å². The van der Waals surface area contributed by atoms with Crippen molar-refractivity contribution in [2.45, 2.75) is 41.5 Å². The van der Waals surface area contributed by atoms with Gasteiger partial charge in [0.15, 0.2) is 0 Å². The minimum absolute atomic E-state index is 0.0570. The molecule has 0 atom stereocenters. The third-order valence-corrected chi connectivity index (χ3v) is 3.49. The molecule has 0 saturated carbocycles. The Morgan fingerprint density at radius 1 is 0.679 bits per heavy atom. The fraction of sp³-hybridized carbons (Fsp3) is 0.280. The molecule has 1 heterocycles. The Hall–Kier alpha value is -2.94. The molecule has 3 nitrogen and oxygen atoms in total. The summed E-state index contributed by atoms with van der Waals surface area (Å²) in [6, 6.07) is 23.0. The van der Waals surface area contributed by atoms with E-state index in [0.717, 1.165) is 22.5 Å². The van der Waals surface area contributed by atoms with Gasteiger partial charge in [-0.3, -0.25) is 14.4 Å². The topological polar surface area (TPSA) is 34.4 Å². The van der Waals surface area contributed by atoms with E-state index in [1.54, 1.807) is 17.7 Å². The number of hydrogen-bond acceptors (Lipinski definition) is 2. The summed E-state index contributed by atoms with van der Waals surface area (Å²) in [6.07, 6.45) is 1.84. The standard InChI is InChI=1S/C19H16N2O.3C2H6/c1-20-19(15-8-4-2-5-9-15)16-12-13-18(22)21(14-16)17-10-6-3-7-11-17;3*1-2/h2-14H,1H3;3*1-2H3. The van der Waals surface area contributed by atoms with Gasteiger partial charge in [-0.05, 0) is 18.2 Å². The van der Waals surface area contributed by atoms with Gasteiger partial charge in [-0.1, -0.05) is 90.1 Å². The van der Waals surface area contributed by atoms with E-state index in [1.165, 1.54) is 0 Å². The lowest BCUT2D eigenvalue weighted by Crippen LogP contribution is -2.18. The highest BCUT2D eigenvalue weighted by molar-refractivity contribution is 6.12. The molecule has 2 aromatic carbocycles. The maximum atomic E-state index is 12.1. The predicted octanol–water partition coefficient (Wildman–Crippen LogP) is 6.38. The van der Waals surface area contributed by atoms with Crippen LogP contribution in [0.4, 0.5) is 0 Å². The number of rotatable bonds is 3. The molecule has 0 bridgehead atoms. The Balaban J connectivity index is 0.00000111. The zero-order valence-electron chi connectivity index (χ0n) is 18.3. The number of nitrogens with zero attached hydrogens (tertiary/aromatic N) is 2. The fourth-order valence-corrected chi connectivity index (χ4v) is 2.44. The maximum absolute atomic E-state index is 12.1. The molecule has 0 radical (unpaired) electrons. The quantitative estimate of drug-likeness (QED) is 0.487. The lowest BCUT2D eigenvalue weighted by molar-refractivity contribution is 0.986. The summed E-state index contributed by atoms with van der Waals surface area (Å²) in [4.78, 5) is 16.5. The molecule has 0 aliphatic heterocycles. The van der Waals surface area contributed by atoms with Gasteiger partial charge in [-0.2, -0.15) is 0 Å². The van der Waals surface area contributed by atoms with E-state index >= 15 is 0 Å². The lowest BCUT2D eigenvalue weighted by atomic mass is 10.0. The van der Waals surface area contributed by atoms with Gasteiger partial charge in [0, 0.05) is 36.1 Å². The predicted molar refractivity (Wildman–Crippen MR) is 124 cm³/mol. The number of para-hydroxylation sites is 1. The molecule has 0 aliphatic carbocycles. The van der Waals surface area contributed by atoms with Crippen LogP contribution < -0.4 is 5.56 Å². The van der Waals surface area contributed by atoms with E-state index < -0.39 is 0 Å². The van der Waals surface area contributed by atoms with Gasteiger partial charge in [0.1, 0.15) is 0 Å². The van der Waals surface area contributed by atoms with Gasteiger partial charge in [-0.25, -0.2) is 0 Å². The van der Waals surface area contributed by atoms with Crippen molar-refractivity contribution in [2.75, 3.05) is 7.05 Å². The van der Waals surface area contributed by atoms with Gasteiger partial charge in [-0.15, -0.1) is 0 Å². The van der Waals surface area contributed by atoms with Crippen LogP contribution in [0.1, 0.15) is 52.7 Å². The number of aromatic nitrogens is 1. The number of aliphatic imine (C=N–C) groups is 1. The van der Waals surface area contributed by atoms with Crippen molar-refractivity contribution in [3.05, 3.63) is 100 Å². The van der Waals surface area contributed by atoms with E-state index in [0.29, 0.717) is 0 Å². The van der Waals surface area contributed by atoms with Crippen molar-refractivity contribution in [3.63, 3.8) is 0 Å². The summed E-state index contributed by atoms with van der Waals surface area (Å²) >= 11 is 0. The zero-order chi connectivity index (χ0) is 21.4. The smallest absolute Gasteiger partial charge is 0.255 e. The molecule has 0 fully saturated rings. The number of benzene rings is 2. The molecule has 0 saturated heterocycles. The summed E-state index contributed by atoms with van der Waals surface area (Å²) in [7, 11) is 1.76. The van der Waals surface area contributed by atoms with Gasteiger partial charge in [0.25, 0.3) is 5.56 Å². The van der Waals surface area contributed by atoms with Crippen LogP contribution in [0.2, 0.25) is 0 Å². The van der Waals surface area contributed by atoms with Crippen LogP contribution in [0.5, 0.6) is 0 Å². The van der Waals surface area contributed by atoms with Gasteiger partial charge < -0.3 is 0 Å². The second kappa shape index (κ2) is 15.2. The first-order valence-corrected chi connectivity index (χ1v) is 10.1. The SMILES string of the molecule is CC.CC.CC.CN=C(c1ccccc1)c1ccc(=O)n(-c2ccccc2)c1. The summed E-state index contributed by atoms with van der Waals surface area (Å²) in [6.45, 7) is 12.0. The van der Waals surface area contributed by atoms with E-state index in [-0.39, 0.29) is 5.56 Å². The van der Waals surface area contributed by atoms with Crippen LogP contribution >= 0.6 is 0 Å². The van der Waals surface area contributed by atoms with Crippen LogP contribution in [0, 0.1) is 0 Å². The molecule has 0 spiro atoms. The highest BCUT2D eigenvalue weighted by Crippen LogP contribution is 2.12. The first kappa shape index (κ1) is 25.1.